The molecule has 0 fully saturated rings. The Morgan fingerprint density at radius 3 is 2.67 bits per heavy atom. The summed E-state index contributed by atoms with van der Waals surface area (Å²) in [6.07, 6.45) is 0. The molecular formula is C11H18N4O5S. The molecule has 0 aromatic heterocycles. The number of ether oxygens (including phenoxy) is 1. The molecule has 0 radical (unpaired) electrons. The highest BCUT2D eigenvalue weighted by Crippen LogP contribution is 2.26. The molecule has 1 aromatic rings. The summed E-state index contributed by atoms with van der Waals surface area (Å²) in [4.78, 5) is 9.99. The predicted octanol–water partition coefficient (Wildman–Crippen LogP) is 0.584. The van der Waals surface area contributed by atoms with E-state index in [0.717, 1.165) is 18.2 Å². The fraction of sp³-hybridized carbons (Fsp3) is 0.455. The third-order valence-electron chi connectivity index (χ3n) is 2.56. The predicted molar refractivity (Wildman–Crippen MR) is 77.2 cm³/mol. The maximum Gasteiger partial charge on any atom is 0.293 e. The van der Waals surface area contributed by atoms with E-state index >= 15 is 0 Å². The fourth-order valence-corrected chi connectivity index (χ4v) is 2.87. The minimum Gasteiger partial charge on any atom is -0.380 e. The first kappa shape index (κ1) is 17.3. The topological polar surface area (TPSA) is 137 Å². The van der Waals surface area contributed by atoms with Crippen LogP contribution in [-0.2, 0) is 14.8 Å². The first-order valence-electron chi connectivity index (χ1n) is 6.17. The van der Waals surface area contributed by atoms with Gasteiger partial charge < -0.3 is 10.2 Å². The number of nitrogen functional groups attached to an aromatic ring is 1. The molecule has 0 bridgehead atoms. The van der Waals surface area contributed by atoms with Crippen LogP contribution >= 0.6 is 0 Å². The smallest absolute Gasteiger partial charge is 0.293 e. The number of nitro benzene ring substituents is 1. The molecule has 0 aliphatic rings. The Balaban J connectivity index is 3.01. The van der Waals surface area contributed by atoms with Gasteiger partial charge in [-0.15, -0.1) is 0 Å². The van der Waals surface area contributed by atoms with Crippen molar-refractivity contribution in [2.75, 3.05) is 18.6 Å². The van der Waals surface area contributed by atoms with E-state index in [-0.39, 0.29) is 22.9 Å². The van der Waals surface area contributed by atoms with Crippen LogP contribution in [0.25, 0.3) is 0 Å². The van der Waals surface area contributed by atoms with Crippen molar-refractivity contribution in [3.8, 4) is 0 Å². The molecule has 9 nitrogen and oxygen atoms in total. The Morgan fingerprint density at radius 2 is 2.14 bits per heavy atom. The van der Waals surface area contributed by atoms with Crippen LogP contribution in [0.4, 0.5) is 11.4 Å². The van der Waals surface area contributed by atoms with Crippen molar-refractivity contribution in [1.29, 1.82) is 0 Å². The van der Waals surface area contributed by atoms with Crippen molar-refractivity contribution in [2.24, 2.45) is 5.84 Å². The summed E-state index contributed by atoms with van der Waals surface area (Å²) < 4.78 is 31.8. The van der Waals surface area contributed by atoms with E-state index in [9.17, 15) is 18.5 Å². The maximum absolute atomic E-state index is 12.1. The van der Waals surface area contributed by atoms with E-state index < -0.39 is 21.0 Å². The van der Waals surface area contributed by atoms with Crippen molar-refractivity contribution in [3.63, 3.8) is 0 Å². The third kappa shape index (κ3) is 4.63. The summed E-state index contributed by atoms with van der Waals surface area (Å²) in [6.45, 7) is 4.16. The average molecular weight is 318 g/mol. The number of hydrogen-bond donors (Lipinski definition) is 3. The van der Waals surface area contributed by atoms with Crippen molar-refractivity contribution >= 4 is 21.4 Å². The van der Waals surface area contributed by atoms with Gasteiger partial charge in [0.1, 0.15) is 5.69 Å². The van der Waals surface area contributed by atoms with Gasteiger partial charge in [-0.3, -0.25) is 16.0 Å². The second-order valence-corrected chi connectivity index (χ2v) is 5.98. The molecule has 0 aliphatic heterocycles. The average Bonchev–Trinajstić information content (AvgIpc) is 2.43. The Labute approximate surface area is 122 Å². The van der Waals surface area contributed by atoms with Gasteiger partial charge in [0.2, 0.25) is 10.0 Å². The van der Waals surface area contributed by atoms with Gasteiger partial charge in [-0.05, 0) is 26.0 Å². The van der Waals surface area contributed by atoms with Gasteiger partial charge in [-0.25, -0.2) is 13.1 Å². The summed E-state index contributed by atoms with van der Waals surface area (Å²) in [7, 11) is -3.81. The van der Waals surface area contributed by atoms with E-state index in [1.54, 1.807) is 13.8 Å². The summed E-state index contributed by atoms with van der Waals surface area (Å²) >= 11 is 0. The number of nitro groups is 1. The van der Waals surface area contributed by atoms with Gasteiger partial charge in [0, 0.05) is 18.7 Å². The van der Waals surface area contributed by atoms with Gasteiger partial charge in [-0.1, -0.05) is 0 Å². The summed E-state index contributed by atoms with van der Waals surface area (Å²) in [5.74, 6) is 5.18. The molecule has 10 heteroatoms. The van der Waals surface area contributed by atoms with Crippen LogP contribution in [0.15, 0.2) is 23.1 Å². The van der Waals surface area contributed by atoms with E-state index in [2.05, 4.69) is 10.1 Å². The number of anilines is 1. The molecular weight excluding hydrogens is 300 g/mol. The zero-order valence-corrected chi connectivity index (χ0v) is 12.5. The maximum atomic E-state index is 12.1. The molecule has 1 unspecified atom stereocenters. The van der Waals surface area contributed by atoms with Crippen molar-refractivity contribution in [1.82, 2.24) is 4.72 Å². The van der Waals surface area contributed by atoms with E-state index in [1.807, 2.05) is 0 Å². The minimum absolute atomic E-state index is 0.0830. The van der Waals surface area contributed by atoms with E-state index in [0.29, 0.717) is 6.61 Å². The van der Waals surface area contributed by atoms with Gasteiger partial charge in [0.25, 0.3) is 5.69 Å². The Morgan fingerprint density at radius 1 is 1.48 bits per heavy atom. The minimum atomic E-state index is -3.81. The normalized spacial score (nSPS) is 12.9. The number of benzene rings is 1. The highest BCUT2D eigenvalue weighted by Gasteiger charge is 2.21. The van der Waals surface area contributed by atoms with Crippen LogP contribution in [-0.4, -0.2) is 32.6 Å². The Bertz CT molecular complexity index is 605. The lowest BCUT2D eigenvalue weighted by Gasteiger charge is -2.14. The number of nitrogens with zero attached hydrogens (tertiary/aromatic N) is 1. The second-order valence-electron chi connectivity index (χ2n) is 4.26. The van der Waals surface area contributed by atoms with Crippen molar-refractivity contribution in [2.45, 2.75) is 24.8 Å². The fourth-order valence-electron chi connectivity index (χ4n) is 1.62. The molecule has 21 heavy (non-hydrogen) atoms. The molecule has 0 aliphatic carbocycles. The van der Waals surface area contributed by atoms with Crippen molar-refractivity contribution < 1.29 is 18.1 Å². The lowest BCUT2D eigenvalue weighted by Crippen LogP contribution is -2.35. The molecule has 0 saturated heterocycles. The van der Waals surface area contributed by atoms with Gasteiger partial charge >= 0.3 is 0 Å². The van der Waals surface area contributed by atoms with Gasteiger partial charge in [0.15, 0.2) is 0 Å². The summed E-state index contributed by atoms with van der Waals surface area (Å²) in [5.41, 5.74) is 1.73. The molecule has 4 N–H and O–H groups in total. The highest BCUT2D eigenvalue weighted by molar-refractivity contribution is 7.89. The lowest BCUT2D eigenvalue weighted by atomic mass is 10.3. The molecule has 0 saturated carbocycles. The van der Waals surface area contributed by atoms with Crippen LogP contribution in [0.3, 0.4) is 0 Å². The second kappa shape index (κ2) is 7.31. The Kier molecular flexibility index (Phi) is 6.03. The SMILES string of the molecule is CCOCC(C)NS(=O)(=O)c1ccc([N+](=O)[O-])c(NN)c1. The van der Waals surface area contributed by atoms with Crippen LogP contribution in [0.5, 0.6) is 0 Å². The number of hydrogen-bond acceptors (Lipinski definition) is 7. The number of nitrogens with two attached hydrogens (primary N) is 1. The van der Waals surface area contributed by atoms with E-state index in [4.69, 9.17) is 10.6 Å². The Hall–Kier alpha value is -1.75. The lowest BCUT2D eigenvalue weighted by molar-refractivity contribution is -0.384. The molecule has 1 atom stereocenters. The van der Waals surface area contributed by atoms with Crippen LogP contribution < -0.4 is 16.0 Å². The summed E-state index contributed by atoms with van der Waals surface area (Å²) in [5, 5.41) is 10.8. The monoisotopic (exact) mass is 318 g/mol. The quantitative estimate of drug-likeness (QED) is 0.362. The first-order chi connectivity index (χ1) is 9.81. The highest BCUT2D eigenvalue weighted by atomic mass is 32.2. The first-order valence-corrected chi connectivity index (χ1v) is 7.65. The van der Waals surface area contributed by atoms with Gasteiger partial charge in [-0.2, -0.15) is 0 Å². The van der Waals surface area contributed by atoms with Crippen LogP contribution in [0.1, 0.15) is 13.8 Å². The zero-order chi connectivity index (χ0) is 16.0. The van der Waals surface area contributed by atoms with Crippen LogP contribution in [0, 0.1) is 10.1 Å². The molecule has 0 amide bonds. The molecule has 0 heterocycles. The number of sulfonamides is 1. The molecule has 1 aromatic carbocycles. The molecule has 0 spiro atoms. The van der Waals surface area contributed by atoms with Crippen LogP contribution in [0.2, 0.25) is 0 Å². The number of hydrazine groups is 1. The number of nitrogens with one attached hydrogen (secondary N) is 2. The number of rotatable bonds is 8. The third-order valence-corrected chi connectivity index (χ3v) is 4.15. The van der Waals surface area contributed by atoms with Crippen molar-refractivity contribution in [3.05, 3.63) is 28.3 Å². The largest absolute Gasteiger partial charge is 0.380 e. The van der Waals surface area contributed by atoms with E-state index in [1.165, 1.54) is 0 Å². The van der Waals surface area contributed by atoms with Gasteiger partial charge in [0.05, 0.1) is 16.4 Å². The molecule has 1 rings (SSSR count). The zero-order valence-electron chi connectivity index (χ0n) is 11.7. The summed E-state index contributed by atoms with van der Waals surface area (Å²) in [6, 6.07) is 2.90. The molecule has 118 valence electrons. The standard InChI is InChI=1S/C11H18N4O5S/c1-3-20-7-8(2)14-21(18,19)9-4-5-11(15(16)17)10(6-9)13-12/h4-6,8,13-14H,3,7,12H2,1-2H3.